The number of para-hydroxylation sites is 1. The van der Waals surface area contributed by atoms with Gasteiger partial charge in [-0.15, -0.1) is 0 Å². The van der Waals surface area contributed by atoms with Crippen molar-refractivity contribution in [2.75, 3.05) is 19.0 Å². The maximum Gasteiger partial charge on any atom is 0.306 e. The molecule has 2 aromatic carbocycles. The number of hydrogen-bond donors (Lipinski definition) is 3. The molecule has 1 aliphatic rings. The normalized spacial score (nSPS) is 18.8. The van der Waals surface area contributed by atoms with Crippen molar-refractivity contribution >= 4 is 11.9 Å². The number of anilines is 1. The van der Waals surface area contributed by atoms with Gasteiger partial charge in [-0.3, -0.25) is 4.79 Å². The molecule has 3 unspecified atom stereocenters. The van der Waals surface area contributed by atoms with Crippen LogP contribution in [0.25, 0.3) is 11.1 Å². The minimum absolute atomic E-state index is 0.0136. The molecule has 4 rings (SSSR count). The van der Waals surface area contributed by atoms with Gasteiger partial charge in [0.25, 0.3) is 0 Å². The van der Waals surface area contributed by atoms with Crippen LogP contribution in [0.4, 0.5) is 5.95 Å². The van der Waals surface area contributed by atoms with E-state index in [2.05, 4.69) is 20.6 Å². The fourth-order valence-corrected chi connectivity index (χ4v) is 3.95. The summed E-state index contributed by atoms with van der Waals surface area (Å²) in [5, 5.41) is 16.1. The number of rotatable bonds is 9. The number of hydrogen-bond acceptors (Lipinski definition) is 7. The Hall–Kier alpha value is -3.65. The molecule has 8 nitrogen and oxygen atoms in total. The van der Waals surface area contributed by atoms with Gasteiger partial charge in [0.1, 0.15) is 11.5 Å². The Morgan fingerprint density at radius 3 is 2.48 bits per heavy atom. The number of methoxy groups -OCH3 is 1. The van der Waals surface area contributed by atoms with E-state index in [4.69, 9.17) is 9.47 Å². The van der Waals surface area contributed by atoms with Gasteiger partial charge in [-0.1, -0.05) is 30.3 Å². The van der Waals surface area contributed by atoms with Crippen molar-refractivity contribution in [1.82, 2.24) is 15.3 Å². The standard InChI is InChI=1S/C25H28N4O4/c1-32-21-9-7-17(8-10-21)19-15-27-25(28-16-19)29-23(33-22-5-3-2-4-6-22)14-20-13-18(24(30)31)11-12-26-20/h2-10,15-16,18,20,23,26H,11-14H2,1H3,(H,30,31)(H,27,28,29). The highest BCUT2D eigenvalue weighted by Crippen LogP contribution is 2.24. The Bertz CT molecular complexity index is 1030. The van der Waals surface area contributed by atoms with Gasteiger partial charge in [0, 0.05) is 30.4 Å². The third-order valence-electron chi connectivity index (χ3n) is 5.73. The Morgan fingerprint density at radius 1 is 1.09 bits per heavy atom. The van der Waals surface area contributed by atoms with Crippen LogP contribution < -0.4 is 20.1 Å². The number of piperidine rings is 1. The molecular weight excluding hydrogens is 420 g/mol. The first-order valence-corrected chi connectivity index (χ1v) is 11.0. The number of carbonyl (C=O) groups is 1. The Balaban J connectivity index is 1.46. The first kappa shape index (κ1) is 22.5. The van der Waals surface area contributed by atoms with E-state index < -0.39 is 12.2 Å². The van der Waals surface area contributed by atoms with Crippen molar-refractivity contribution in [2.45, 2.75) is 31.5 Å². The highest BCUT2D eigenvalue weighted by atomic mass is 16.5. The average Bonchev–Trinajstić information content (AvgIpc) is 2.85. The van der Waals surface area contributed by atoms with E-state index in [-0.39, 0.29) is 12.0 Å². The van der Waals surface area contributed by atoms with E-state index in [9.17, 15) is 9.90 Å². The number of aliphatic carboxylic acids is 1. The molecule has 3 N–H and O–H groups in total. The van der Waals surface area contributed by atoms with Gasteiger partial charge in [0.2, 0.25) is 5.95 Å². The van der Waals surface area contributed by atoms with Gasteiger partial charge >= 0.3 is 5.97 Å². The number of carboxylic acid groups (broad SMARTS) is 1. The van der Waals surface area contributed by atoms with E-state index in [1.165, 1.54) is 0 Å². The van der Waals surface area contributed by atoms with Crippen LogP contribution >= 0.6 is 0 Å². The SMILES string of the molecule is COc1ccc(-c2cnc(NC(CC3CC(C(=O)O)CCN3)Oc3ccccc3)nc2)cc1. The maximum atomic E-state index is 11.5. The predicted molar refractivity (Wildman–Crippen MR) is 125 cm³/mol. The van der Waals surface area contributed by atoms with Crippen molar-refractivity contribution in [3.63, 3.8) is 0 Å². The molecule has 3 aromatic rings. The number of carboxylic acids is 1. The number of aromatic nitrogens is 2. The third-order valence-corrected chi connectivity index (χ3v) is 5.73. The molecule has 1 aromatic heterocycles. The Kier molecular flexibility index (Phi) is 7.36. The molecule has 1 saturated heterocycles. The van der Waals surface area contributed by atoms with Crippen LogP contribution in [0.1, 0.15) is 19.3 Å². The smallest absolute Gasteiger partial charge is 0.306 e. The van der Waals surface area contributed by atoms with Crippen molar-refractivity contribution in [3.8, 4) is 22.6 Å². The minimum Gasteiger partial charge on any atom is -0.497 e. The molecule has 0 amide bonds. The Labute approximate surface area is 193 Å². The summed E-state index contributed by atoms with van der Waals surface area (Å²) in [6.45, 7) is 0.673. The molecule has 33 heavy (non-hydrogen) atoms. The van der Waals surface area contributed by atoms with Gasteiger partial charge in [0.05, 0.1) is 13.0 Å². The second-order valence-electron chi connectivity index (χ2n) is 8.03. The number of benzene rings is 2. The van der Waals surface area contributed by atoms with E-state index in [1.807, 2.05) is 54.6 Å². The topological polar surface area (TPSA) is 106 Å². The second-order valence-corrected chi connectivity index (χ2v) is 8.03. The highest BCUT2D eigenvalue weighted by Gasteiger charge is 2.29. The summed E-state index contributed by atoms with van der Waals surface area (Å²) in [6.07, 6.45) is 4.86. The lowest BCUT2D eigenvalue weighted by Crippen LogP contribution is -2.44. The van der Waals surface area contributed by atoms with Crippen molar-refractivity contribution in [3.05, 3.63) is 67.0 Å². The number of nitrogens with zero attached hydrogens (tertiary/aromatic N) is 2. The summed E-state index contributed by atoms with van der Waals surface area (Å²) in [4.78, 5) is 20.4. The summed E-state index contributed by atoms with van der Waals surface area (Å²) in [5.41, 5.74) is 1.88. The minimum atomic E-state index is -0.743. The van der Waals surface area contributed by atoms with Gasteiger partial charge in [-0.25, -0.2) is 9.97 Å². The quantitative estimate of drug-likeness (QED) is 0.425. The molecule has 0 spiro atoms. The molecule has 0 radical (unpaired) electrons. The molecule has 8 heteroatoms. The summed E-state index contributed by atoms with van der Waals surface area (Å²) in [7, 11) is 1.64. The lowest BCUT2D eigenvalue weighted by Gasteiger charge is -2.31. The molecule has 3 atom stereocenters. The average molecular weight is 449 g/mol. The van der Waals surface area contributed by atoms with Gasteiger partial charge in [-0.05, 0) is 49.2 Å². The summed E-state index contributed by atoms with van der Waals surface area (Å²) >= 11 is 0. The first-order chi connectivity index (χ1) is 16.1. The fraction of sp³-hybridized carbons (Fsp3) is 0.320. The number of nitrogens with one attached hydrogen (secondary N) is 2. The fourth-order valence-electron chi connectivity index (χ4n) is 3.95. The molecule has 0 aliphatic carbocycles. The van der Waals surface area contributed by atoms with Crippen LogP contribution in [-0.2, 0) is 4.79 Å². The first-order valence-electron chi connectivity index (χ1n) is 11.0. The highest BCUT2D eigenvalue weighted by molar-refractivity contribution is 5.70. The summed E-state index contributed by atoms with van der Waals surface area (Å²) in [5.74, 6) is 0.871. The molecule has 1 fully saturated rings. The van der Waals surface area contributed by atoms with Gasteiger partial charge in [-0.2, -0.15) is 0 Å². The zero-order valence-electron chi connectivity index (χ0n) is 18.5. The van der Waals surface area contributed by atoms with Gasteiger partial charge in [0.15, 0.2) is 6.23 Å². The van der Waals surface area contributed by atoms with Crippen LogP contribution in [0, 0.1) is 5.92 Å². The van der Waals surface area contributed by atoms with E-state index >= 15 is 0 Å². The third kappa shape index (κ3) is 6.20. The molecule has 2 heterocycles. The molecule has 1 aliphatic heterocycles. The zero-order chi connectivity index (χ0) is 23.0. The van der Waals surface area contributed by atoms with Crippen LogP contribution in [-0.4, -0.2) is 47.0 Å². The lowest BCUT2D eigenvalue weighted by molar-refractivity contribution is -0.143. The van der Waals surface area contributed by atoms with Crippen molar-refractivity contribution < 1.29 is 19.4 Å². The van der Waals surface area contributed by atoms with E-state index in [0.29, 0.717) is 31.8 Å². The van der Waals surface area contributed by atoms with Crippen LogP contribution in [0.3, 0.4) is 0 Å². The lowest BCUT2D eigenvalue weighted by atomic mass is 9.90. The van der Waals surface area contributed by atoms with Gasteiger partial charge < -0.3 is 25.2 Å². The Morgan fingerprint density at radius 2 is 1.82 bits per heavy atom. The molecule has 0 saturated carbocycles. The van der Waals surface area contributed by atoms with E-state index in [0.717, 1.165) is 22.6 Å². The van der Waals surface area contributed by atoms with Crippen LogP contribution in [0.5, 0.6) is 11.5 Å². The molecule has 172 valence electrons. The van der Waals surface area contributed by atoms with Crippen molar-refractivity contribution in [1.29, 1.82) is 0 Å². The molecule has 0 bridgehead atoms. The van der Waals surface area contributed by atoms with Crippen LogP contribution in [0.2, 0.25) is 0 Å². The zero-order valence-corrected chi connectivity index (χ0v) is 18.5. The second kappa shape index (κ2) is 10.8. The van der Waals surface area contributed by atoms with Crippen LogP contribution in [0.15, 0.2) is 67.0 Å². The van der Waals surface area contributed by atoms with E-state index in [1.54, 1.807) is 19.5 Å². The van der Waals surface area contributed by atoms with Crippen molar-refractivity contribution in [2.24, 2.45) is 5.92 Å². The predicted octanol–water partition coefficient (Wildman–Crippen LogP) is 3.81. The largest absolute Gasteiger partial charge is 0.497 e. The summed E-state index contributed by atoms with van der Waals surface area (Å²) < 4.78 is 11.4. The molecular formula is C25H28N4O4. The number of ether oxygens (including phenoxy) is 2. The monoisotopic (exact) mass is 448 g/mol. The maximum absolute atomic E-state index is 11.5. The summed E-state index contributed by atoms with van der Waals surface area (Å²) in [6, 6.07) is 17.2.